The Morgan fingerprint density at radius 3 is 2.02 bits per heavy atom. The summed E-state index contributed by atoms with van der Waals surface area (Å²) in [5, 5.41) is 21.6. The molecule has 284 valence electrons. The molecular formula is C43H42N2O8S2. The molecule has 55 heavy (non-hydrogen) atoms. The van der Waals surface area contributed by atoms with Gasteiger partial charge in [-0.1, -0.05) is 48.5 Å². The van der Waals surface area contributed by atoms with Crippen molar-refractivity contribution in [2.75, 3.05) is 5.32 Å². The zero-order valence-electron chi connectivity index (χ0n) is 30.6. The fourth-order valence-electron chi connectivity index (χ4n) is 6.80. The second-order valence-electron chi connectivity index (χ2n) is 13.9. The van der Waals surface area contributed by atoms with Gasteiger partial charge in [-0.25, -0.2) is 18.0 Å². The van der Waals surface area contributed by atoms with E-state index in [2.05, 4.69) is 5.32 Å². The highest BCUT2D eigenvalue weighted by molar-refractivity contribution is 7.89. The van der Waals surface area contributed by atoms with Crippen molar-refractivity contribution in [1.82, 2.24) is 4.31 Å². The fourth-order valence-corrected chi connectivity index (χ4v) is 9.87. The maximum absolute atomic E-state index is 14.0. The van der Waals surface area contributed by atoms with Crippen molar-refractivity contribution >= 4 is 50.7 Å². The third-order valence-corrected chi connectivity index (χ3v) is 13.1. The molecule has 12 heteroatoms. The van der Waals surface area contributed by atoms with Crippen molar-refractivity contribution in [3.63, 3.8) is 0 Å². The zero-order valence-corrected chi connectivity index (χ0v) is 32.2. The Kier molecular flexibility index (Phi) is 12.1. The number of carboxylic acid groups (broad SMARTS) is 2. The smallest absolute Gasteiger partial charge is 0.335 e. The predicted octanol–water partition coefficient (Wildman–Crippen LogP) is 8.09. The quantitative estimate of drug-likeness (QED) is 0.0901. The first-order valence-corrected chi connectivity index (χ1v) is 20.4. The molecule has 0 saturated carbocycles. The third-order valence-electron chi connectivity index (χ3n) is 9.76. The lowest BCUT2D eigenvalue weighted by Crippen LogP contribution is -2.36. The van der Waals surface area contributed by atoms with Crippen LogP contribution in [-0.2, 0) is 48.7 Å². The van der Waals surface area contributed by atoms with Crippen LogP contribution in [0.2, 0.25) is 0 Å². The number of carbonyl (C=O) groups is 4. The molecule has 1 amide bonds. The van der Waals surface area contributed by atoms with Crippen LogP contribution in [0.25, 0.3) is 0 Å². The molecule has 0 atom stereocenters. The number of aromatic carboxylic acids is 2. The first kappa shape index (κ1) is 39.3. The molecule has 1 aliphatic carbocycles. The van der Waals surface area contributed by atoms with Gasteiger partial charge in [-0.3, -0.25) is 9.59 Å². The maximum Gasteiger partial charge on any atom is 0.335 e. The van der Waals surface area contributed by atoms with Crippen LogP contribution in [0.15, 0.2) is 102 Å². The fraction of sp³-hybridized carbons (Fsp3) is 0.256. The number of hydrogen-bond donors (Lipinski definition) is 3. The number of rotatable bonds is 15. The number of fused-ring (bicyclic) bond motifs is 1. The number of sulfonamides is 1. The number of ketones is 1. The molecule has 1 heterocycles. The molecule has 0 aliphatic heterocycles. The number of carboxylic acids is 2. The lowest BCUT2D eigenvalue weighted by Gasteiger charge is -2.26. The van der Waals surface area contributed by atoms with Crippen LogP contribution in [0.5, 0.6) is 0 Å². The molecule has 10 nitrogen and oxygen atoms in total. The first-order valence-electron chi connectivity index (χ1n) is 18.1. The number of nitrogens with one attached hydrogen (secondary N) is 1. The summed E-state index contributed by atoms with van der Waals surface area (Å²) >= 11 is 1.47. The Labute approximate surface area is 324 Å². The first-order chi connectivity index (χ1) is 26.3. The molecule has 1 aliphatic rings. The summed E-state index contributed by atoms with van der Waals surface area (Å²) in [7, 11) is -4.09. The van der Waals surface area contributed by atoms with E-state index in [0.717, 1.165) is 60.1 Å². The summed E-state index contributed by atoms with van der Waals surface area (Å²) in [6, 6.07) is 26.0. The molecule has 0 radical (unpaired) electrons. The Morgan fingerprint density at radius 2 is 1.36 bits per heavy atom. The lowest BCUT2D eigenvalue weighted by atomic mass is 9.93. The number of anilines is 1. The van der Waals surface area contributed by atoms with E-state index in [-0.39, 0.29) is 46.2 Å². The average Bonchev–Trinajstić information content (AvgIpc) is 3.54. The van der Waals surface area contributed by atoms with E-state index < -0.39 is 28.0 Å². The minimum atomic E-state index is -4.09. The summed E-state index contributed by atoms with van der Waals surface area (Å²) in [5.74, 6) is -2.66. The van der Waals surface area contributed by atoms with E-state index in [4.69, 9.17) is 5.11 Å². The van der Waals surface area contributed by atoms with E-state index in [1.165, 1.54) is 46.0 Å². The topological polar surface area (TPSA) is 158 Å². The van der Waals surface area contributed by atoms with Crippen LogP contribution in [0, 0.1) is 0 Å². The van der Waals surface area contributed by atoms with Gasteiger partial charge in [-0.2, -0.15) is 4.31 Å². The van der Waals surface area contributed by atoms with Gasteiger partial charge in [-0.05, 0) is 123 Å². The molecule has 0 bridgehead atoms. The van der Waals surface area contributed by atoms with Gasteiger partial charge in [0.25, 0.3) is 5.91 Å². The molecular weight excluding hydrogens is 737 g/mol. The van der Waals surface area contributed by atoms with Crippen molar-refractivity contribution in [2.45, 2.75) is 76.3 Å². The normalized spacial score (nSPS) is 12.7. The van der Waals surface area contributed by atoms with E-state index >= 15 is 0 Å². The summed E-state index contributed by atoms with van der Waals surface area (Å²) < 4.78 is 29.2. The predicted molar refractivity (Wildman–Crippen MR) is 212 cm³/mol. The van der Waals surface area contributed by atoms with E-state index in [0.29, 0.717) is 21.7 Å². The van der Waals surface area contributed by atoms with Gasteiger partial charge in [0.15, 0.2) is 5.78 Å². The largest absolute Gasteiger partial charge is 0.478 e. The molecule has 0 unspecified atom stereocenters. The Bertz CT molecular complexity index is 2350. The molecule has 3 N–H and O–H groups in total. The number of aryl methyl sites for hydroxylation is 3. The molecule has 1 aromatic heterocycles. The lowest BCUT2D eigenvalue weighted by molar-refractivity contribution is 0.0686. The SMILES string of the molecule is CC(C)N(Cc1cccc(C(=O)O)c1)S(=O)(=O)c1cccc(C(=O)Cc2sc3c(c2C(=O)Nc2ccc(CCc4ccc(C(=O)O)cc4)cc2)CCCC3)c1. The van der Waals surface area contributed by atoms with Crippen LogP contribution >= 0.6 is 11.3 Å². The van der Waals surface area contributed by atoms with Crippen molar-refractivity contribution in [3.8, 4) is 0 Å². The minimum absolute atomic E-state index is 0.0498. The summed E-state index contributed by atoms with van der Waals surface area (Å²) in [5.41, 5.74) is 5.23. The molecule has 0 fully saturated rings. The number of hydrogen-bond acceptors (Lipinski definition) is 7. The van der Waals surface area contributed by atoms with Crippen LogP contribution in [0.4, 0.5) is 5.69 Å². The van der Waals surface area contributed by atoms with Crippen molar-refractivity contribution < 1.29 is 37.8 Å². The van der Waals surface area contributed by atoms with Gasteiger partial charge < -0.3 is 15.5 Å². The van der Waals surface area contributed by atoms with E-state index in [9.17, 15) is 32.7 Å². The van der Waals surface area contributed by atoms with E-state index in [1.54, 1.807) is 44.2 Å². The number of benzene rings is 4. The second-order valence-corrected chi connectivity index (χ2v) is 17.0. The summed E-state index contributed by atoms with van der Waals surface area (Å²) in [4.78, 5) is 52.1. The van der Waals surface area contributed by atoms with Crippen molar-refractivity contribution in [3.05, 3.63) is 151 Å². The molecule has 0 saturated heterocycles. The average molecular weight is 779 g/mol. The van der Waals surface area contributed by atoms with Gasteiger partial charge in [0, 0.05) is 40.0 Å². The highest BCUT2D eigenvalue weighted by Crippen LogP contribution is 2.36. The summed E-state index contributed by atoms with van der Waals surface area (Å²) in [6.07, 6.45) is 4.92. The number of amides is 1. The summed E-state index contributed by atoms with van der Waals surface area (Å²) in [6.45, 7) is 3.42. The number of thiophene rings is 1. The maximum atomic E-state index is 14.0. The third kappa shape index (κ3) is 9.27. The molecule has 5 aromatic rings. The van der Waals surface area contributed by atoms with Crippen LogP contribution < -0.4 is 5.32 Å². The number of nitrogens with zero attached hydrogens (tertiary/aromatic N) is 1. The van der Waals surface area contributed by atoms with Gasteiger partial charge in [0.05, 0.1) is 21.6 Å². The minimum Gasteiger partial charge on any atom is -0.478 e. The molecule has 6 rings (SSSR count). The van der Waals surface area contributed by atoms with Gasteiger partial charge in [0.2, 0.25) is 10.0 Å². The van der Waals surface area contributed by atoms with Gasteiger partial charge in [-0.15, -0.1) is 11.3 Å². The molecule has 0 spiro atoms. The van der Waals surface area contributed by atoms with Crippen LogP contribution in [0.1, 0.15) is 100 Å². The Balaban J connectivity index is 1.17. The Hall–Kier alpha value is -5.43. The van der Waals surface area contributed by atoms with E-state index in [1.807, 2.05) is 36.4 Å². The molecule has 4 aromatic carbocycles. The standard InChI is InChI=1S/C43H42N2O8S2/c1-27(2)45(26-30-7-5-9-33(23-30)43(50)51)55(52,53)35-10-6-8-32(24-35)37(46)25-39-40(36-11-3-4-12-38(36)54-39)41(47)44-34-21-17-29(18-22-34)14-13-28-15-19-31(20-16-28)42(48)49/h5-10,15-24,27H,3-4,11-14,25-26H2,1-2H3,(H,44,47)(H,48,49)(H,50,51). The van der Waals surface area contributed by atoms with Gasteiger partial charge >= 0.3 is 11.9 Å². The van der Waals surface area contributed by atoms with Gasteiger partial charge in [0.1, 0.15) is 0 Å². The highest BCUT2D eigenvalue weighted by Gasteiger charge is 2.30. The Morgan fingerprint density at radius 1 is 0.745 bits per heavy atom. The zero-order chi connectivity index (χ0) is 39.3. The monoisotopic (exact) mass is 778 g/mol. The highest BCUT2D eigenvalue weighted by atomic mass is 32.2. The van der Waals surface area contributed by atoms with Crippen molar-refractivity contribution in [2.24, 2.45) is 0 Å². The van der Waals surface area contributed by atoms with Crippen LogP contribution in [0.3, 0.4) is 0 Å². The second kappa shape index (κ2) is 16.9. The van der Waals surface area contributed by atoms with Crippen LogP contribution in [-0.4, -0.2) is 52.6 Å². The number of Topliss-reactive ketones (excluding diaryl/α,β-unsaturated/α-hetero) is 1. The van der Waals surface area contributed by atoms with Crippen molar-refractivity contribution in [1.29, 1.82) is 0 Å². The number of carbonyl (C=O) groups excluding carboxylic acids is 2.